The van der Waals surface area contributed by atoms with E-state index in [1.54, 1.807) is 12.3 Å². The second kappa shape index (κ2) is 6.73. The zero-order valence-electron chi connectivity index (χ0n) is 14.4. The van der Waals surface area contributed by atoms with Gasteiger partial charge in [0.15, 0.2) is 0 Å². The molecular weight excluding hydrogens is 312 g/mol. The van der Waals surface area contributed by atoms with E-state index in [1.807, 2.05) is 11.8 Å². The van der Waals surface area contributed by atoms with E-state index >= 15 is 0 Å². The third-order valence-corrected chi connectivity index (χ3v) is 5.02. The van der Waals surface area contributed by atoms with Crippen molar-refractivity contribution in [2.75, 3.05) is 26.2 Å². The molecule has 128 valence electrons. The number of nitrogens with zero attached hydrogens (tertiary/aromatic N) is 2. The quantitative estimate of drug-likeness (QED) is 0.733. The Kier molecular flexibility index (Phi) is 4.28. The molecule has 1 amide bonds. The third kappa shape index (κ3) is 3.17. The molecule has 0 radical (unpaired) electrons. The molecule has 0 bridgehead atoms. The molecule has 2 aromatic carbocycles. The Morgan fingerprint density at radius 3 is 2.52 bits per heavy atom. The van der Waals surface area contributed by atoms with E-state index in [4.69, 9.17) is 4.42 Å². The van der Waals surface area contributed by atoms with Crippen LogP contribution in [-0.4, -0.2) is 41.9 Å². The fourth-order valence-electron chi connectivity index (χ4n) is 3.56. The molecule has 4 heteroatoms. The first-order chi connectivity index (χ1) is 12.2. The van der Waals surface area contributed by atoms with Gasteiger partial charge in [0.25, 0.3) is 5.91 Å². The number of hydrogen-bond acceptors (Lipinski definition) is 3. The lowest BCUT2D eigenvalue weighted by Crippen LogP contribution is -2.48. The van der Waals surface area contributed by atoms with Crippen LogP contribution in [0.2, 0.25) is 0 Å². The summed E-state index contributed by atoms with van der Waals surface area (Å²) in [7, 11) is 0. The first-order valence-electron chi connectivity index (χ1n) is 8.75. The monoisotopic (exact) mass is 334 g/mol. The minimum Gasteiger partial charge on any atom is -0.469 e. The average molecular weight is 334 g/mol. The number of fused-ring (bicyclic) bond motifs is 1. The molecule has 1 aliphatic rings. The molecule has 1 saturated heterocycles. The summed E-state index contributed by atoms with van der Waals surface area (Å²) in [5.74, 6) is 0.777. The lowest BCUT2D eigenvalue weighted by molar-refractivity contribution is 0.0627. The van der Waals surface area contributed by atoms with Crippen LogP contribution in [-0.2, 0) is 6.54 Å². The van der Waals surface area contributed by atoms with Crippen molar-refractivity contribution in [2.24, 2.45) is 0 Å². The Balaban J connectivity index is 1.42. The van der Waals surface area contributed by atoms with E-state index < -0.39 is 0 Å². The average Bonchev–Trinajstić information content (AvgIpc) is 3.08. The van der Waals surface area contributed by atoms with Crippen molar-refractivity contribution >= 4 is 16.7 Å². The molecule has 2 heterocycles. The zero-order chi connectivity index (χ0) is 17.2. The highest BCUT2D eigenvalue weighted by molar-refractivity contribution is 5.95. The first kappa shape index (κ1) is 15.9. The fraction of sp³-hybridized carbons (Fsp3) is 0.286. The van der Waals surface area contributed by atoms with E-state index in [1.165, 1.54) is 16.3 Å². The number of piperazine rings is 1. The number of rotatable bonds is 3. The van der Waals surface area contributed by atoms with Gasteiger partial charge in [-0.05, 0) is 29.3 Å². The van der Waals surface area contributed by atoms with Crippen molar-refractivity contribution in [3.8, 4) is 0 Å². The number of aryl methyl sites for hydroxylation is 1. The molecular formula is C21H22N2O2. The molecule has 4 rings (SSSR count). The highest BCUT2D eigenvalue weighted by atomic mass is 16.3. The van der Waals surface area contributed by atoms with Crippen LogP contribution in [0.1, 0.15) is 21.7 Å². The van der Waals surface area contributed by atoms with E-state index in [0.29, 0.717) is 11.3 Å². The first-order valence-corrected chi connectivity index (χ1v) is 8.75. The van der Waals surface area contributed by atoms with Gasteiger partial charge in [0.05, 0.1) is 11.8 Å². The zero-order valence-corrected chi connectivity index (χ0v) is 14.4. The standard InChI is InChI=1S/C21H22N2O2/c1-16-19(9-14-25-16)21(24)23-12-10-22(11-13-23)15-18-7-4-6-17-5-2-3-8-20(17)18/h2-9,14H,10-13,15H2,1H3. The lowest BCUT2D eigenvalue weighted by atomic mass is 10.0. The topological polar surface area (TPSA) is 36.7 Å². The summed E-state index contributed by atoms with van der Waals surface area (Å²) in [6.45, 7) is 6.07. The van der Waals surface area contributed by atoms with Crippen LogP contribution in [0.4, 0.5) is 0 Å². The maximum Gasteiger partial charge on any atom is 0.257 e. The molecule has 0 N–H and O–H groups in total. The number of furan rings is 1. The van der Waals surface area contributed by atoms with Gasteiger partial charge in [-0.2, -0.15) is 0 Å². The van der Waals surface area contributed by atoms with E-state index in [0.717, 1.165) is 32.7 Å². The van der Waals surface area contributed by atoms with Crippen molar-refractivity contribution in [2.45, 2.75) is 13.5 Å². The lowest BCUT2D eigenvalue weighted by Gasteiger charge is -2.34. The fourth-order valence-corrected chi connectivity index (χ4v) is 3.56. The van der Waals surface area contributed by atoms with E-state index in [2.05, 4.69) is 47.4 Å². The van der Waals surface area contributed by atoms with Crippen LogP contribution in [0.5, 0.6) is 0 Å². The number of hydrogen-bond donors (Lipinski definition) is 0. The second-order valence-corrected chi connectivity index (χ2v) is 6.60. The van der Waals surface area contributed by atoms with Crippen LogP contribution in [0, 0.1) is 6.92 Å². The van der Waals surface area contributed by atoms with Crippen LogP contribution in [0.15, 0.2) is 59.2 Å². The number of carbonyl (C=O) groups excluding carboxylic acids is 1. The molecule has 0 aliphatic carbocycles. The van der Waals surface area contributed by atoms with Crippen LogP contribution >= 0.6 is 0 Å². The van der Waals surface area contributed by atoms with Gasteiger partial charge >= 0.3 is 0 Å². The smallest absolute Gasteiger partial charge is 0.257 e. The summed E-state index contributed by atoms with van der Waals surface area (Å²) in [6.07, 6.45) is 1.58. The van der Waals surface area contributed by atoms with Gasteiger partial charge < -0.3 is 9.32 Å². The molecule has 4 nitrogen and oxygen atoms in total. The van der Waals surface area contributed by atoms with E-state index in [-0.39, 0.29) is 5.91 Å². The largest absolute Gasteiger partial charge is 0.469 e. The Morgan fingerprint density at radius 1 is 1.00 bits per heavy atom. The van der Waals surface area contributed by atoms with Gasteiger partial charge in [-0.3, -0.25) is 9.69 Å². The Hall–Kier alpha value is -2.59. The van der Waals surface area contributed by atoms with Crippen LogP contribution < -0.4 is 0 Å². The van der Waals surface area contributed by atoms with Gasteiger partial charge in [-0.25, -0.2) is 0 Å². The van der Waals surface area contributed by atoms with E-state index in [9.17, 15) is 4.79 Å². The predicted molar refractivity (Wildman–Crippen MR) is 98.6 cm³/mol. The maximum atomic E-state index is 12.6. The SMILES string of the molecule is Cc1occc1C(=O)N1CCN(Cc2cccc3ccccc23)CC1. The maximum absolute atomic E-state index is 12.6. The number of carbonyl (C=O) groups is 1. The Morgan fingerprint density at radius 2 is 1.76 bits per heavy atom. The van der Waals surface area contributed by atoms with Gasteiger partial charge in [0, 0.05) is 32.7 Å². The molecule has 1 aromatic heterocycles. The van der Waals surface area contributed by atoms with Crippen molar-refractivity contribution in [3.05, 3.63) is 71.7 Å². The van der Waals surface area contributed by atoms with Crippen molar-refractivity contribution in [1.29, 1.82) is 0 Å². The molecule has 1 fully saturated rings. The molecule has 25 heavy (non-hydrogen) atoms. The Labute approximate surface area is 147 Å². The van der Waals surface area contributed by atoms with Crippen molar-refractivity contribution < 1.29 is 9.21 Å². The summed E-state index contributed by atoms with van der Waals surface area (Å²) < 4.78 is 5.26. The Bertz CT molecular complexity index is 886. The molecule has 3 aromatic rings. The number of benzene rings is 2. The summed E-state index contributed by atoms with van der Waals surface area (Å²) in [5.41, 5.74) is 2.03. The van der Waals surface area contributed by atoms with Gasteiger partial charge in [0.2, 0.25) is 0 Å². The summed E-state index contributed by atoms with van der Waals surface area (Å²) >= 11 is 0. The van der Waals surface area contributed by atoms with Crippen molar-refractivity contribution in [1.82, 2.24) is 9.80 Å². The van der Waals surface area contributed by atoms with Crippen LogP contribution in [0.3, 0.4) is 0 Å². The minimum absolute atomic E-state index is 0.0797. The van der Waals surface area contributed by atoms with Gasteiger partial charge in [-0.15, -0.1) is 0 Å². The van der Waals surface area contributed by atoms with Gasteiger partial charge in [0.1, 0.15) is 5.76 Å². The third-order valence-electron chi connectivity index (χ3n) is 5.02. The number of amides is 1. The van der Waals surface area contributed by atoms with Crippen LogP contribution in [0.25, 0.3) is 10.8 Å². The van der Waals surface area contributed by atoms with Gasteiger partial charge in [-0.1, -0.05) is 42.5 Å². The molecule has 0 atom stereocenters. The minimum atomic E-state index is 0.0797. The highest BCUT2D eigenvalue weighted by Gasteiger charge is 2.24. The molecule has 0 unspecified atom stereocenters. The highest BCUT2D eigenvalue weighted by Crippen LogP contribution is 2.21. The molecule has 0 saturated carbocycles. The second-order valence-electron chi connectivity index (χ2n) is 6.60. The predicted octanol–water partition coefficient (Wildman–Crippen LogP) is 3.70. The summed E-state index contributed by atoms with van der Waals surface area (Å²) in [6, 6.07) is 16.8. The van der Waals surface area contributed by atoms with Crippen molar-refractivity contribution in [3.63, 3.8) is 0 Å². The summed E-state index contributed by atoms with van der Waals surface area (Å²) in [5, 5.41) is 2.60. The normalized spacial score (nSPS) is 15.6. The summed E-state index contributed by atoms with van der Waals surface area (Å²) in [4.78, 5) is 16.9. The molecule has 1 aliphatic heterocycles. The molecule has 0 spiro atoms.